The highest BCUT2D eigenvalue weighted by Crippen LogP contribution is 2.35. The molecule has 1 saturated heterocycles. The van der Waals surface area contributed by atoms with Gasteiger partial charge in [-0.2, -0.15) is 16.1 Å². The smallest absolute Gasteiger partial charge is 0.205 e. The van der Waals surface area contributed by atoms with E-state index in [1.165, 1.54) is 11.5 Å². The quantitative estimate of drug-likeness (QED) is 0.899. The zero-order valence-corrected chi connectivity index (χ0v) is 12.8. The van der Waals surface area contributed by atoms with Crippen molar-refractivity contribution in [2.45, 2.75) is 37.4 Å². The zero-order valence-electron chi connectivity index (χ0n) is 11.2. The van der Waals surface area contributed by atoms with E-state index in [4.69, 9.17) is 5.73 Å². The molecule has 6 heteroatoms. The van der Waals surface area contributed by atoms with Gasteiger partial charge in [-0.05, 0) is 25.5 Å². The van der Waals surface area contributed by atoms with E-state index >= 15 is 0 Å². The topological polar surface area (TPSA) is 55.0 Å². The first-order valence-electron chi connectivity index (χ1n) is 6.56. The van der Waals surface area contributed by atoms with Gasteiger partial charge in [0.05, 0.1) is 0 Å². The Bertz CT molecular complexity index is 366. The number of piperidine rings is 1. The van der Waals surface area contributed by atoms with Gasteiger partial charge in [0.2, 0.25) is 5.13 Å². The maximum atomic E-state index is 5.91. The van der Waals surface area contributed by atoms with E-state index in [1.807, 2.05) is 11.8 Å². The molecule has 1 aliphatic rings. The molecule has 0 aromatic carbocycles. The molecule has 0 aliphatic carbocycles. The molecule has 0 saturated carbocycles. The summed E-state index contributed by atoms with van der Waals surface area (Å²) in [4.78, 5) is 6.98. The minimum atomic E-state index is 0.285. The molecule has 2 N–H and O–H groups in total. The van der Waals surface area contributed by atoms with Crippen LogP contribution < -0.4 is 10.6 Å². The second-order valence-corrected chi connectivity index (χ2v) is 6.83. The van der Waals surface area contributed by atoms with Crippen LogP contribution >= 0.6 is 23.3 Å². The number of anilines is 1. The summed E-state index contributed by atoms with van der Waals surface area (Å²) in [5.74, 6) is 0.998. The Morgan fingerprint density at radius 2 is 2.17 bits per heavy atom. The Hall–Kier alpha value is -0.330. The van der Waals surface area contributed by atoms with Crippen LogP contribution in [0.15, 0.2) is 0 Å². The summed E-state index contributed by atoms with van der Waals surface area (Å²) in [6.07, 6.45) is 6.56. The molecular weight excluding hydrogens is 264 g/mol. The number of nitrogens with two attached hydrogens (primary N) is 1. The molecule has 2 rings (SSSR count). The van der Waals surface area contributed by atoms with E-state index in [0.717, 1.165) is 56.3 Å². The first-order valence-corrected chi connectivity index (χ1v) is 8.55. The highest BCUT2D eigenvalue weighted by atomic mass is 32.2. The van der Waals surface area contributed by atoms with Crippen molar-refractivity contribution in [3.63, 3.8) is 0 Å². The third kappa shape index (κ3) is 2.97. The van der Waals surface area contributed by atoms with Crippen LogP contribution in [0.1, 0.15) is 32.0 Å². The molecule has 2 heterocycles. The molecule has 0 spiro atoms. The molecule has 0 radical (unpaired) electrons. The van der Waals surface area contributed by atoms with Crippen LogP contribution in [0.5, 0.6) is 0 Å². The third-order valence-corrected chi connectivity index (χ3v) is 5.94. The number of aromatic nitrogens is 2. The summed E-state index contributed by atoms with van der Waals surface area (Å²) in [5.41, 5.74) is 5.91. The van der Waals surface area contributed by atoms with Crippen molar-refractivity contribution in [1.29, 1.82) is 0 Å². The number of hydrogen-bond donors (Lipinski definition) is 1. The lowest BCUT2D eigenvalue weighted by Gasteiger charge is -2.39. The van der Waals surface area contributed by atoms with Crippen LogP contribution in [0.2, 0.25) is 0 Å². The molecular formula is C12H22N4S2. The Balaban J connectivity index is 1.96. The monoisotopic (exact) mass is 286 g/mol. The number of nitrogens with zero attached hydrogens (tertiary/aromatic N) is 3. The largest absolute Gasteiger partial charge is 0.347 e. The van der Waals surface area contributed by atoms with Gasteiger partial charge in [-0.25, -0.2) is 4.98 Å². The van der Waals surface area contributed by atoms with Crippen molar-refractivity contribution >= 4 is 28.4 Å². The molecule has 1 fully saturated rings. The van der Waals surface area contributed by atoms with E-state index in [1.54, 1.807) is 0 Å². The van der Waals surface area contributed by atoms with Crippen LogP contribution in [0, 0.1) is 0 Å². The second-order valence-electron chi connectivity index (χ2n) is 4.82. The summed E-state index contributed by atoms with van der Waals surface area (Å²) in [6.45, 7) is 5.05. The first kappa shape index (κ1) is 14.1. The number of hydrogen-bond acceptors (Lipinski definition) is 6. The van der Waals surface area contributed by atoms with Gasteiger partial charge in [-0.15, -0.1) is 0 Å². The summed E-state index contributed by atoms with van der Waals surface area (Å²) in [7, 11) is 0. The van der Waals surface area contributed by atoms with Gasteiger partial charge in [0.15, 0.2) is 0 Å². The average Bonchev–Trinajstić information content (AvgIpc) is 2.88. The van der Waals surface area contributed by atoms with E-state index in [9.17, 15) is 0 Å². The highest BCUT2D eigenvalue weighted by Gasteiger charge is 2.33. The third-order valence-electron chi connectivity index (χ3n) is 3.68. The normalized spacial score (nSPS) is 19.2. The Morgan fingerprint density at radius 1 is 1.44 bits per heavy atom. The van der Waals surface area contributed by atoms with E-state index in [-0.39, 0.29) is 4.75 Å². The molecule has 0 unspecified atom stereocenters. The van der Waals surface area contributed by atoms with Crippen molar-refractivity contribution in [2.75, 3.05) is 30.8 Å². The SMILES string of the molecule is CCCc1nsc(N2CCC(CN)(SC)CC2)n1. The van der Waals surface area contributed by atoms with Crippen LogP contribution in [-0.2, 0) is 6.42 Å². The summed E-state index contributed by atoms with van der Waals surface area (Å²) in [6, 6.07) is 0. The standard InChI is InChI=1S/C12H22N4S2/c1-3-4-10-14-11(18-15-10)16-7-5-12(9-13,17-2)6-8-16/h3-9,13H2,1-2H3. The van der Waals surface area contributed by atoms with Gasteiger partial charge >= 0.3 is 0 Å². The number of aryl methyl sites for hydroxylation is 1. The van der Waals surface area contributed by atoms with Crippen molar-refractivity contribution in [3.05, 3.63) is 5.82 Å². The maximum Gasteiger partial charge on any atom is 0.205 e. The minimum absolute atomic E-state index is 0.285. The lowest BCUT2D eigenvalue weighted by atomic mass is 9.96. The Kier molecular flexibility index (Phi) is 4.86. The number of rotatable bonds is 5. The van der Waals surface area contributed by atoms with Gasteiger partial charge in [0, 0.05) is 42.3 Å². The van der Waals surface area contributed by atoms with Gasteiger partial charge < -0.3 is 10.6 Å². The lowest BCUT2D eigenvalue weighted by Crippen LogP contribution is -2.46. The molecule has 18 heavy (non-hydrogen) atoms. The first-order chi connectivity index (χ1) is 8.73. The van der Waals surface area contributed by atoms with Crippen LogP contribution in [0.25, 0.3) is 0 Å². The van der Waals surface area contributed by atoms with E-state index in [0.29, 0.717) is 0 Å². The second kappa shape index (κ2) is 6.21. The summed E-state index contributed by atoms with van der Waals surface area (Å²) >= 11 is 3.46. The maximum absolute atomic E-state index is 5.91. The van der Waals surface area contributed by atoms with Crippen molar-refractivity contribution in [3.8, 4) is 0 Å². The summed E-state index contributed by atoms with van der Waals surface area (Å²) < 4.78 is 4.70. The fraction of sp³-hybridized carbons (Fsp3) is 0.833. The van der Waals surface area contributed by atoms with E-state index < -0.39 is 0 Å². The Morgan fingerprint density at radius 3 is 2.72 bits per heavy atom. The molecule has 1 aromatic heterocycles. The highest BCUT2D eigenvalue weighted by molar-refractivity contribution is 8.00. The van der Waals surface area contributed by atoms with Gasteiger partial charge in [-0.3, -0.25) is 0 Å². The van der Waals surface area contributed by atoms with Gasteiger partial charge in [-0.1, -0.05) is 6.92 Å². The zero-order chi connectivity index (χ0) is 13.0. The van der Waals surface area contributed by atoms with Crippen LogP contribution in [-0.4, -0.2) is 40.0 Å². The van der Waals surface area contributed by atoms with Gasteiger partial charge in [0.1, 0.15) is 5.82 Å². The predicted molar refractivity (Wildman–Crippen MR) is 80.7 cm³/mol. The average molecular weight is 286 g/mol. The van der Waals surface area contributed by atoms with E-state index in [2.05, 4.69) is 27.4 Å². The molecule has 1 aliphatic heterocycles. The predicted octanol–water partition coefficient (Wildman–Crippen LogP) is 2.15. The van der Waals surface area contributed by atoms with Crippen molar-refractivity contribution in [1.82, 2.24) is 9.36 Å². The van der Waals surface area contributed by atoms with Gasteiger partial charge in [0.25, 0.3) is 0 Å². The fourth-order valence-electron chi connectivity index (χ4n) is 2.30. The molecule has 0 atom stereocenters. The van der Waals surface area contributed by atoms with Crippen molar-refractivity contribution < 1.29 is 0 Å². The summed E-state index contributed by atoms with van der Waals surface area (Å²) in [5, 5.41) is 1.09. The Labute approximate surface area is 118 Å². The number of thioether (sulfide) groups is 1. The molecule has 102 valence electrons. The fourth-order valence-corrected chi connectivity index (χ4v) is 3.82. The van der Waals surface area contributed by atoms with Crippen LogP contribution in [0.3, 0.4) is 0 Å². The molecule has 1 aromatic rings. The molecule has 0 amide bonds. The van der Waals surface area contributed by atoms with Crippen LogP contribution in [0.4, 0.5) is 5.13 Å². The molecule has 0 bridgehead atoms. The molecule has 4 nitrogen and oxygen atoms in total. The van der Waals surface area contributed by atoms with Crippen molar-refractivity contribution in [2.24, 2.45) is 5.73 Å². The minimum Gasteiger partial charge on any atom is -0.347 e. The lowest BCUT2D eigenvalue weighted by molar-refractivity contribution is 0.456.